The lowest BCUT2D eigenvalue weighted by Gasteiger charge is -1.98. The van der Waals surface area contributed by atoms with Crippen molar-refractivity contribution < 1.29 is 4.39 Å². The third-order valence-corrected chi connectivity index (χ3v) is 5.01. The maximum atomic E-state index is 13.2. The Balaban J connectivity index is 1.78. The van der Waals surface area contributed by atoms with E-state index in [4.69, 9.17) is 0 Å². The molecule has 20 heavy (non-hydrogen) atoms. The van der Waals surface area contributed by atoms with E-state index in [1.54, 1.807) is 28.7 Å². The number of para-hydroxylation sites is 1. The maximum absolute atomic E-state index is 13.2. The Morgan fingerprint density at radius 2 is 2.05 bits per heavy atom. The summed E-state index contributed by atoms with van der Waals surface area (Å²) in [4.78, 5) is 8.93. The first-order chi connectivity index (χ1) is 9.79. The molecular formula is C15H9FN2S2. The van der Waals surface area contributed by atoms with Gasteiger partial charge < -0.3 is 0 Å². The van der Waals surface area contributed by atoms with Crippen LogP contribution in [0.25, 0.3) is 20.4 Å². The van der Waals surface area contributed by atoms with Gasteiger partial charge in [-0.05, 0) is 23.8 Å². The molecule has 0 aliphatic heterocycles. The Morgan fingerprint density at radius 3 is 3.00 bits per heavy atom. The van der Waals surface area contributed by atoms with Crippen LogP contribution in [0.15, 0.2) is 41.9 Å². The monoisotopic (exact) mass is 300 g/mol. The van der Waals surface area contributed by atoms with Gasteiger partial charge in [0.15, 0.2) is 0 Å². The quantitative estimate of drug-likeness (QED) is 0.539. The van der Waals surface area contributed by atoms with E-state index < -0.39 is 0 Å². The van der Waals surface area contributed by atoms with Crippen molar-refractivity contribution in [2.45, 2.75) is 6.42 Å². The van der Waals surface area contributed by atoms with Gasteiger partial charge in [-0.1, -0.05) is 12.1 Å². The number of fused-ring (bicyclic) bond motifs is 2. The van der Waals surface area contributed by atoms with Gasteiger partial charge in [-0.15, -0.1) is 22.7 Å². The molecular weight excluding hydrogens is 291 g/mol. The van der Waals surface area contributed by atoms with Crippen LogP contribution in [0.3, 0.4) is 0 Å². The van der Waals surface area contributed by atoms with Crippen molar-refractivity contribution >= 4 is 43.1 Å². The average molecular weight is 300 g/mol. The van der Waals surface area contributed by atoms with Crippen LogP contribution < -0.4 is 0 Å². The summed E-state index contributed by atoms with van der Waals surface area (Å²) in [6, 6.07) is 10.9. The topological polar surface area (TPSA) is 25.8 Å². The zero-order valence-corrected chi connectivity index (χ0v) is 12.0. The predicted molar refractivity (Wildman–Crippen MR) is 82.0 cm³/mol. The summed E-state index contributed by atoms with van der Waals surface area (Å²) in [6.07, 6.45) is 0.738. The minimum atomic E-state index is -0.240. The molecule has 0 amide bonds. The summed E-state index contributed by atoms with van der Waals surface area (Å²) < 4.78 is 15.4. The van der Waals surface area contributed by atoms with Crippen molar-refractivity contribution in [3.05, 3.63) is 58.3 Å². The number of rotatable bonds is 2. The van der Waals surface area contributed by atoms with Gasteiger partial charge >= 0.3 is 0 Å². The van der Waals surface area contributed by atoms with Crippen molar-refractivity contribution in [1.29, 1.82) is 0 Å². The first-order valence-electron chi connectivity index (χ1n) is 6.16. The number of hydrogen-bond acceptors (Lipinski definition) is 4. The van der Waals surface area contributed by atoms with Crippen molar-refractivity contribution in [1.82, 2.24) is 9.97 Å². The molecule has 0 atom stereocenters. The number of halogens is 1. The molecule has 2 nitrogen and oxygen atoms in total. The first kappa shape index (κ1) is 11.9. The van der Waals surface area contributed by atoms with Gasteiger partial charge in [0.2, 0.25) is 0 Å². The molecule has 0 unspecified atom stereocenters. The van der Waals surface area contributed by atoms with Gasteiger partial charge in [0.25, 0.3) is 0 Å². The van der Waals surface area contributed by atoms with Crippen LogP contribution in [0.2, 0.25) is 0 Å². The first-order valence-corrected chi connectivity index (χ1v) is 7.85. The van der Waals surface area contributed by atoms with E-state index in [0.717, 1.165) is 27.2 Å². The zero-order chi connectivity index (χ0) is 13.5. The van der Waals surface area contributed by atoms with Gasteiger partial charge in [0.1, 0.15) is 5.82 Å². The second-order valence-corrected chi connectivity index (χ2v) is 6.51. The fraction of sp³-hybridized carbons (Fsp3) is 0.0667. The highest BCUT2D eigenvalue weighted by Gasteiger charge is 2.09. The molecule has 0 aliphatic rings. The van der Waals surface area contributed by atoms with Crippen LogP contribution in [0.1, 0.15) is 10.6 Å². The molecule has 0 fully saturated rings. The van der Waals surface area contributed by atoms with E-state index in [9.17, 15) is 4.39 Å². The number of thiazole rings is 2. The molecule has 5 heteroatoms. The van der Waals surface area contributed by atoms with Crippen molar-refractivity contribution in [3.63, 3.8) is 0 Å². The molecule has 98 valence electrons. The largest absolute Gasteiger partial charge is 0.244 e. The van der Waals surface area contributed by atoms with Crippen LogP contribution in [0, 0.1) is 5.82 Å². The third-order valence-electron chi connectivity index (χ3n) is 3.18. The minimum absolute atomic E-state index is 0.240. The Kier molecular flexibility index (Phi) is 2.75. The molecule has 4 aromatic rings. The normalized spacial score (nSPS) is 11.4. The molecule has 0 bridgehead atoms. The van der Waals surface area contributed by atoms with Crippen LogP contribution in [0.5, 0.6) is 0 Å². The van der Waals surface area contributed by atoms with Crippen molar-refractivity contribution in [2.75, 3.05) is 0 Å². The lowest BCUT2D eigenvalue weighted by molar-refractivity contribution is 0.629. The number of nitrogens with zero attached hydrogens (tertiary/aromatic N) is 2. The fourth-order valence-electron chi connectivity index (χ4n) is 2.27. The number of benzene rings is 2. The molecule has 0 aliphatic carbocycles. The molecule has 0 saturated carbocycles. The van der Waals surface area contributed by atoms with E-state index in [1.165, 1.54) is 22.4 Å². The van der Waals surface area contributed by atoms with Gasteiger partial charge in [0.05, 0.1) is 31.0 Å². The molecule has 0 radical (unpaired) electrons. The maximum Gasteiger partial charge on any atom is 0.125 e. The van der Waals surface area contributed by atoms with Gasteiger partial charge in [-0.3, -0.25) is 0 Å². The Hall–Kier alpha value is -1.85. The number of hydrogen-bond donors (Lipinski definition) is 0. The standard InChI is InChI=1S/C15H9FN2S2/c16-10-4-5-12-11(7-10)18-14(20-12)6-9-2-1-3-13-15(9)17-8-19-13/h1-5,7-8H,6H2. The lowest BCUT2D eigenvalue weighted by Crippen LogP contribution is -1.88. The molecule has 4 rings (SSSR count). The van der Waals surface area contributed by atoms with Crippen molar-refractivity contribution in [2.24, 2.45) is 0 Å². The highest BCUT2D eigenvalue weighted by atomic mass is 32.1. The summed E-state index contributed by atoms with van der Waals surface area (Å²) in [7, 11) is 0. The van der Waals surface area contributed by atoms with Crippen LogP contribution in [-0.4, -0.2) is 9.97 Å². The SMILES string of the molecule is Fc1ccc2sc(Cc3cccc4scnc34)nc2c1. The van der Waals surface area contributed by atoms with Crippen LogP contribution in [0.4, 0.5) is 4.39 Å². The second-order valence-electron chi connectivity index (χ2n) is 4.51. The Labute approximate surface area is 122 Å². The highest BCUT2D eigenvalue weighted by Crippen LogP contribution is 2.27. The smallest absolute Gasteiger partial charge is 0.125 e. The molecule has 0 spiro atoms. The predicted octanol–water partition coefficient (Wildman–Crippen LogP) is 4.64. The van der Waals surface area contributed by atoms with E-state index in [0.29, 0.717) is 0 Å². The van der Waals surface area contributed by atoms with Gasteiger partial charge in [-0.25, -0.2) is 14.4 Å². The lowest BCUT2D eigenvalue weighted by atomic mass is 10.1. The molecule has 0 N–H and O–H groups in total. The summed E-state index contributed by atoms with van der Waals surface area (Å²) in [5.74, 6) is -0.240. The van der Waals surface area contributed by atoms with Gasteiger partial charge in [0, 0.05) is 12.5 Å². The third kappa shape index (κ3) is 1.99. The average Bonchev–Trinajstić information content (AvgIpc) is 3.04. The summed E-state index contributed by atoms with van der Waals surface area (Å²) in [6.45, 7) is 0. The minimum Gasteiger partial charge on any atom is -0.244 e. The number of aromatic nitrogens is 2. The molecule has 2 aromatic carbocycles. The molecule has 2 aromatic heterocycles. The van der Waals surface area contributed by atoms with E-state index in [1.807, 2.05) is 11.6 Å². The van der Waals surface area contributed by atoms with E-state index in [-0.39, 0.29) is 5.82 Å². The summed E-state index contributed by atoms with van der Waals surface area (Å²) in [5.41, 5.74) is 4.81. The summed E-state index contributed by atoms with van der Waals surface area (Å²) in [5, 5.41) is 0.992. The van der Waals surface area contributed by atoms with Crippen LogP contribution >= 0.6 is 22.7 Å². The second kappa shape index (κ2) is 4.61. The van der Waals surface area contributed by atoms with E-state index in [2.05, 4.69) is 22.1 Å². The van der Waals surface area contributed by atoms with Crippen LogP contribution in [-0.2, 0) is 6.42 Å². The highest BCUT2D eigenvalue weighted by molar-refractivity contribution is 7.18. The fourth-order valence-corrected chi connectivity index (χ4v) is 3.97. The Bertz CT molecular complexity index is 910. The molecule has 2 heterocycles. The summed E-state index contributed by atoms with van der Waals surface area (Å²) >= 11 is 3.25. The zero-order valence-electron chi connectivity index (χ0n) is 10.3. The van der Waals surface area contributed by atoms with Gasteiger partial charge in [-0.2, -0.15) is 0 Å². The van der Waals surface area contributed by atoms with Crippen molar-refractivity contribution in [3.8, 4) is 0 Å². The Morgan fingerprint density at radius 1 is 1.10 bits per heavy atom. The van der Waals surface area contributed by atoms with E-state index >= 15 is 0 Å². The molecule has 0 saturated heterocycles.